The Bertz CT molecular complexity index is 497. The zero-order chi connectivity index (χ0) is 13.8. The monoisotopic (exact) mass is 250 g/mol. The zero-order valence-corrected chi connectivity index (χ0v) is 9.42. The van der Waals surface area contributed by atoms with Gasteiger partial charge in [-0.15, -0.1) is 5.06 Å². The lowest BCUT2D eigenvalue weighted by molar-refractivity contribution is -0.164. The summed E-state index contributed by atoms with van der Waals surface area (Å²) < 4.78 is 11.1. The van der Waals surface area contributed by atoms with Crippen molar-refractivity contribution in [2.24, 2.45) is 0 Å². The number of amides is 2. The Labute approximate surface area is 104 Å². The average molecular weight is 250 g/mol. The largest absolute Gasteiger partial charge is 0.463 e. The predicted molar refractivity (Wildman–Crippen MR) is 59.0 cm³/mol. The van der Waals surface area contributed by atoms with Crippen LogP contribution in [0.3, 0.4) is 0 Å². The van der Waals surface area contributed by atoms with Gasteiger partial charge in [0.2, 0.25) is 0 Å². The number of rotatable bonds is 4. The Morgan fingerprint density at radius 2 is 1.83 bits per heavy atom. The Hall–Kier alpha value is -2.37. The number of ether oxygens (including phenoxy) is 1. The van der Waals surface area contributed by atoms with Gasteiger partial charge in [-0.3, -0.25) is 14.4 Å². The van der Waals surface area contributed by atoms with E-state index in [1.807, 2.05) is 0 Å². The van der Waals surface area contributed by atoms with E-state index in [0.717, 1.165) is 5.06 Å². The van der Waals surface area contributed by atoms with Gasteiger partial charge >= 0.3 is 0 Å². The summed E-state index contributed by atoms with van der Waals surface area (Å²) in [5, 5.41) is 0.749. The van der Waals surface area contributed by atoms with Crippen LogP contribution in [-0.4, -0.2) is 23.3 Å². The fraction of sp³-hybridized carbons (Fsp3) is 0.250. The molecule has 6 heteroatoms. The van der Waals surface area contributed by atoms with E-state index in [0.29, 0.717) is 11.3 Å². The molecule has 94 valence electrons. The SMILES string of the molecule is [2H]C(=O)OCc1ccc(ON2C(=O)CCC2=O)cc1. The topological polar surface area (TPSA) is 72.9 Å². The highest BCUT2D eigenvalue weighted by atomic mass is 16.7. The molecule has 6 nitrogen and oxygen atoms in total. The summed E-state index contributed by atoms with van der Waals surface area (Å²) in [6.45, 7) is -0.00973. The minimum absolute atomic E-state index is 0.00973. The van der Waals surface area contributed by atoms with E-state index in [1.165, 1.54) is 0 Å². The van der Waals surface area contributed by atoms with Crippen LogP contribution in [0.15, 0.2) is 24.3 Å². The van der Waals surface area contributed by atoms with Crippen molar-refractivity contribution in [2.45, 2.75) is 19.4 Å². The second-order valence-electron chi connectivity index (χ2n) is 3.69. The quantitative estimate of drug-likeness (QED) is 0.583. The lowest BCUT2D eigenvalue weighted by atomic mass is 10.2. The maximum absolute atomic E-state index is 11.3. The van der Waals surface area contributed by atoms with E-state index in [4.69, 9.17) is 6.21 Å². The van der Waals surface area contributed by atoms with Gasteiger partial charge in [0.15, 0.2) is 7.12 Å². The fourth-order valence-electron chi connectivity index (χ4n) is 1.52. The van der Waals surface area contributed by atoms with Crippen molar-refractivity contribution in [1.29, 1.82) is 0 Å². The minimum atomic E-state index is -1.10. The number of imide groups is 1. The summed E-state index contributed by atoms with van der Waals surface area (Å²) in [6, 6.07) is 6.32. The van der Waals surface area contributed by atoms with E-state index in [9.17, 15) is 14.4 Å². The molecule has 1 saturated heterocycles. The molecule has 18 heavy (non-hydrogen) atoms. The summed E-state index contributed by atoms with van der Waals surface area (Å²) >= 11 is 0. The number of hydroxylamine groups is 2. The molecule has 1 aliphatic heterocycles. The zero-order valence-electron chi connectivity index (χ0n) is 10.4. The molecule has 0 aromatic heterocycles. The number of hydrogen-bond acceptors (Lipinski definition) is 5. The lowest BCUT2D eigenvalue weighted by Gasteiger charge is -2.14. The van der Waals surface area contributed by atoms with Gasteiger partial charge in [-0.05, 0) is 17.7 Å². The first-order valence-corrected chi connectivity index (χ1v) is 5.32. The normalized spacial score (nSPS) is 15.6. The van der Waals surface area contributed by atoms with Crippen molar-refractivity contribution in [3.8, 4) is 5.75 Å². The standard InChI is InChI=1S/C12H11NO5/c14-8-17-7-9-1-3-10(4-2-9)18-13-11(15)5-6-12(13)16/h1-4,8H,5-7H2/i8D. The molecule has 0 aliphatic carbocycles. The Kier molecular flexibility index (Phi) is 3.17. The van der Waals surface area contributed by atoms with Crippen LogP contribution in [-0.2, 0) is 25.7 Å². The van der Waals surface area contributed by atoms with E-state index in [1.54, 1.807) is 24.3 Å². The Morgan fingerprint density at radius 1 is 1.22 bits per heavy atom. The lowest BCUT2D eigenvalue weighted by Crippen LogP contribution is -2.32. The predicted octanol–water partition coefficient (Wildman–Crippen LogP) is 0.802. The van der Waals surface area contributed by atoms with Crippen LogP contribution >= 0.6 is 0 Å². The third-order valence-corrected chi connectivity index (χ3v) is 2.42. The third-order valence-electron chi connectivity index (χ3n) is 2.42. The Balaban J connectivity index is 1.97. The maximum Gasteiger partial charge on any atom is 0.293 e. The van der Waals surface area contributed by atoms with Crippen LogP contribution in [0.4, 0.5) is 0 Å². The van der Waals surface area contributed by atoms with Crippen molar-refractivity contribution in [1.82, 2.24) is 5.06 Å². The van der Waals surface area contributed by atoms with Crippen molar-refractivity contribution in [3.63, 3.8) is 0 Å². The molecule has 1 heterocycles. The van der Waals surface area contributed by atoms with Gasteiger partial charge < -0.3 is 9.57 Å². The molecule has 0 spiro atoms. The molecular weight excluding hydrogens is 238 g/mol. The van der Waals surface area contributed by atoms with E-state index >= 15 is 0 Å². The fourth-order valence-corrected chi connectivity index (χ4v) is 1.52. The molecule has 0 atom stereocenters. The molecule has 1 aromatic rings. The van der Waals surface area contributed by atoms with Gasteiger partial charge in [0.25, 0.3) is 18.3 Å². The van der Waals surface area contributed by atoms with E-state index in [2.05, 4.69) is 4.74 Å². The number of benzene rings is 1. The molecule has 1 aliphatic rings. The number of nitrogens with zero attached hydrogens (tertiary/aromatic N) is 1. The van der Waals surface area contributed by atoms with E-state index < -0.39 is 6.45 Å². The minimum Gasteiger partial charge on any atom is -0.463 e. The van der Waals surface area contributed by atoms with Crippen molar-refractivity contribution >= 4 is 18.3 Å². The van der Waals surface area contributed by atoms with Gasteiger partial charge in [-0.2, -0.15) is 0 Å². The molecule has 0 bridgehead atoms. The van der Waals surface area contributed by atoms with Crippen LogP contribution in [0.25, 0.3) is 0 Å². The van der Waals surface area contributed by atoms with Crippen molar-refractivity contribution < 1.29 is 25.3 Å². The smallest absolute Gasteiger partial charge is 0.293 e. The highest BCUT2D eigenvalue weighted by molar-refractivity contribution is 6.00. The Morgan fingerprint density at radius 3 is 2.39 bits per heavy atom. The molecule has 2 rings (SSSR count). The molecule has 0 saturated carbocycles. The summed E-state index contributed by atoms with van der Waals surface area (Å²) in [4.78, 5) is 38.2. The maximum atomic E-state index is 11.3. The number of hydrogen-bond donors (Lipinski definition) is 0. The van der Waals surface area contributed by atoms with E-state index in [-0.39, 0.29) is 31.3 Å². The summed E-state index contributed by atoms with van der Waals surface area (Å²) in [6.07, 6.45) is -0.777. The van der Waals surface area contributed by atoms with Crippen molar-refractivity contribution in [3.05, 3.63) is 29.8 Å². The molecular formula is C12H11NO5. The summed E-state index contributed by atoms with van der Waals surface area (Å²) in [5.74, 6) is -0.390. The van der Waals surface area contributed by atoms with Gasteiger partial charge in [0.1, 0.15) is 6.61 Å². The van der Waals surface area contributed by atoms with Gasteiger partial charge in [0, 0.05) is 12.8 Å². The van der Waals surface area contributed by atoms with Crippen molar-refractivity contribution in [2.75, 3.05) is 0 Å². The first-order valence-electron chi connectivity index (χ1n) is 5.82. The van der Waals surface area contributed by atoms with Gasteiger partial charge in [-0.25, -0.2) is 0 Å². The van der Waals surface area contributed by atoms with Crippen LogP contribution in [0.1, 0.15) is 19.8 Å². The number of carbonyl (C=O) groups is 3. The van der Waals surface area contributed by atoms with Crippen LogP contribution in [0.5, 0.6) is 5.75 Å². The second kappa shape index (κ2) is 5.31. The highest BCUT2D eigenvalue weighted by Gasteiger charge is 2.31. The first-order chi connectivity index (χ1) is 9.06. The van der Waals surface area contributed by atoms with Gasteiger partial charge in [0.05, 0.1) is 0 Å². The molecule has 2 amide bonds. The van der Waals surface area contributed by atoms with Crippen LogP contribution < -0.4 is 4.84 Å². The second-order valence-corrected chi connectivity index (χ2v) is 3.69. The highest BCUT2D eigenvalue weighted by Crippen LogP contribution is 2.18. The molecule has 1 fully saturated rings. The molecule has 0 unspecified atom stereocenters. The van der Waals surface area contributed by atoms with Crippen LogP contribution in [0.2, 0.25) is 0 Å². The molecule has 0 radical (unpaired) electrons. The summed E-state index contributed by atoms with van der Waals surface area (Å²) in [7, 11) is 0. The third kappa shape index (κ3) is 2.65. The number of carbonyl (C=O) groups excluding carboxylic acids is 3. The van der Waals surface area contributed by atoms with Crippen LogP contribution in [0, 0.1) is 0 Å². The van der Waals surface area contributed by atoms with Gasteiger partial charge in [-0.1, -0.05) is 12.1 Å². The summed E-state index contributed by atoms with van der Waals surface area (Å²) in [5.41, 5.74) is 0.673. The first kappa shape index (κ1) is 10.8. The molecule has 0 N–H and O–H groups in total. The molecule has 1 aromatic carbocycles. The average Bonchev–Trinajstić information content (AvgIpc) is 2.70.